The Morgan fingerprint density at radius 1 is 1.19 bits per heavy atom. The summed E-state index contributed by atoms with van der Waals surface area (Å²) >= 11 is 0. The van der Waals surface area contributed by atoms with Gasteiger partial charge in [-0.3, -0.25) is 4.79 Å². The van der Waals surface area contributed by atoms with Crippen molar-refractivity contribution in [3.63, 3.8) is 0 Å². The zero-order valence-corrected chi connectivity index (χ0v) is 18.5. The minimum atomic E-state index is -0.0216. The zero-order valence-electron chi connectivity index (χ0n) is 18.5. The second-order valence-electron chi connectivity index (χ2n) is 8.63. The Kier molecular flexibility index (Phi) is 5.36. The van der Waals surface area contributed by atoms with E-state index < -0.39 is 0 Å². The number of rotatable bonds is 4. The van der Waals surface area contributed by atoms with Crippen molar-refractivity contribution in [3.8, 4) is 11.8 Å². The van der Waals surface area contributed by atoms with Crippen molar-refractivity contribution in [2.24, 2.45) is 0 Å². The summed E-state index contributed by atoms with van der Waals surface area (Å²) in [6, 6.07) is 6.41. The monoisotopic (exact) mass is 435 g/mol. The maximum atomic E-state index is 11.9. The maximum Gasteiger partial charge on any atom is 0.318 e. The fourth-order valence-corrected chi connectivity index (χ4v) is 5.21. The van der Waals surface area contributed by atoms with Crippen LogP contribution in [0.3, 0.4) is 0 Å². The number of carbonyl (C=O) groups excluding carboxylic acids is 1. The number of carbonyl (C=O) groups is 1. The normalized spacial score (nSPS) is 20.0. The minimum Gasteiger partial charge on any atom is -0.508 e. The third-order valence-corrected chi connectivity index (χ3v) is 6.90. The molecule has 2 aliphatic heterocycles. The predicted molar refractivity (Wildman–Crippen MR) is 123 cm³/mol. The summed E-state index contributed by atoms with van der Waals surface area (Å²) in [4.78, 5) is 27.9. The lowest BCUT2D eigenvalue weighted by Crippen LogP contribution is -2.49. The summed E-state index contributed by atoms with van der Waals surface area (Å²) in [5.74, 6) is 1.23. The molecule has 1 atom stereocenters. The van der Waals surface area contributed by atoms with Gasteiger partial charge in [0.1, 0.15) is 11.6 Å². The van der Waals surface area contributed by atoms with Crippen molar-refractivity contribution in [3.05, 3.63) is 47.7 Å². The number of nitrogens with zero attached hydrogens (tertiary/aromatic N) is 5. The van der Waals surface area contributed by atoms with Crippen LogP contribution >= 0.6 is 0 Å². The van der Waals surface area contributed by atoms with Crippen molar-refractivity contribution in [2.45, 2.75) is 31.7 Å². The van der Waals surface area contributed by atoms with Gasteiger partial charge in [0.2, 0.25) is 5.91 Å². The maximum absolute atomic E-state index is 11.9. The van der Waals surface area contributed by atoms with Crippen molar-refractivity contribution >= 4 is 17.4 Å². The molecule has 1 aliphatic carbocycles. The Morgan fingerprint density at radius 2 is 2.00 bits per heavy atom. The Morgan fingerprint density at radius 3 is 2.75 bits per heavy atom. The summed E-state index contributed by atoms with van der Waals surface area (Å²) in [6.07, 6.45) is 5.12. The molecular weight excluding hydrogens is 406 g/mol. The molecule has 1 N–H and O–H groups in total. The van der Waals surface area contributed by atoms with Crippen molar-refractivity contribution in [1.82, 2.24) is 14.9 Å². The molecule has 3 heterocycles. The standard InChI is InChI=1S/C24H29N5O3/c1-3-22(31)27-10-12-28(13-11-27)23-19-7-5-17(14-20(19)25-24(26-23)32-2)29-9-8-16-4-6-18(30)15-21(16)29/h3-4,6,15,17,30H,1,5,7-14H2,2H3/t17-/m1/s1. The van der Waals surface area contributed by atoms with Gasteiger partial charge in [0.25, 0.3) is 0 Å². The largest absolute Gasteiger partial charge is 0.508 e. The highest BCUT2D eigenvalue weighted by Crippen LogP contribution is 2.38. The van der Waals surface area contributed by atoms with E-state index in [1.165, 1.54) is 17.2 Å². The first-order chi connectivity index (χ1) is 15.6. The van der Waals surface area contributed by atoms with Gasteiger partial charge in [0.15, 0.2) is 0 Å². The average Bonchev–Trinajstić information content (AvgIpc) is 3.25. The van der Waals surface area contributed by atoms with Gasteiger partial charge in [0.05, 0.1) is 12.8 Å². The smallest absolute Gasteiger partial charge is 0.318 e. The van der Waals surface area contributed by atoms with Crippen LogP contribution < -0.4 is 14.5 Å². The summed E-state index contributed by atoms with van der Waals surface area (Å²) in [5, 5.41) is 9.99. The Labute approximate surface area is 188 Å². The van der Waals surface area contributed by atoms with Crippen molar-refractivity contribution < 1.29 is 14.6 Å². The topological polar surface area (TPSA) is 82.0 Å². The van der Waals surface area contributed by atoms with Gasteiger partial charge in [-0.05, 0) is 37.0 Å². The highest BCUT2D eigenvalue weighted by Gasteiger charge is 2.33. The lowest BCUT2D eigenvalue weighted by molar-refractivity contribution is -0.126. The van der Waals surface area contributed by atoms with Gasteiger partial charge in [-0.2, -0.15) is 9.97 Å². The first-order valence-corrected chi connectivity index (χ1v) is 11.3. The van der Waals surface area contributed by atoms with Crippen molar-refractivity contribution in [1.29, 1.82) is 0 Å². The minimum absolute atomic E-state index is 0.0216. The van der Waals surface area contributed by atoms with Crippen molar-refractivity contribution in [2.75, 3.05) is 49.6 Å². The van der Waals surface area contributed by atoms with Gasteiger partial charge in [-0.15, -0.1) is 0 Å². The molecule has 0 radical (unpaired) electrons. The number of fused-ring (bicyclic) bond motifs is 2. The van der Waals surface area contributed by atoms with Crippen LogP contribution in [0.2, 0.25) is 0 Å². The number of aromatic nitrogens is 2. The van der Waals surface area contributed by atoms with E-state index in [2.05, 4.69) is 16.4 Å². The third kappa shape index (κ3) is 3.63. The van der Waals surface area contributed by atoms with Gasteiger partial charge in [-0.1, -0.05) is 12.6 Å². The predicted octanol–water partition coefficient (Wildman–Crippen LogP) is 1.95. The number of aromatic hydroxyl groups is 1. The van der Waals surface area contributed by atoms with Gasteiger partial charge >= 0.3 is 6.01 Å². The molecular formula is C24H29N5O3. The summed E-state index contributed by atoms with van der Waals surface area (Å²) < 4.78 is 5.45. The fourth-order valence-electron chi connectivity index (χ4n) is 5.21. The number of phenolic OH excluding ortho intramolecular Hbond substituents is 1. The number of hydrogen-bond acceptors (Lipinski definition) is 7. The Balaban J connectivity index is 1.39. The quantitative estimate of drug-likeness (QED) is 0.735. The third-order valence-electron chi connectivity index (χ3n) is 6.90. The summed E-state index contributed by atoms with van der Waals surface area (Å²) in [6.45, 7) is 7.33. The lowest BCUT2D eigenvalue weighted by Gasteiger charge is -2.38. The van der Waals surface area contributed by atoms with E-state index in [9.17, 15) is 9.90 Å². The molecule has 8 heteroatoms. The molecule has 5 rings (SSSR count). The number of benzene rings is 1. The fraction of sp³-hybridized carbons (Fsp3) is 0.458. The molecule has 0 unspecified atom stereocenters. The van der Waals surface area contributed by atoms with E-state index in [1.54, 1.807) is 13.2 Å². The van der Waals surface area contributed by atoms with Gasteiger partial charge in [0, 0.05) is 62.5 Å². The van der Waals surface area contributed by atoms with Crippen LogP contribution in [-0.4, -0.2) is 71.8 Å². The number of anilines is 2. The van der Waals surface area contributed by atoms with Crippen LogP contribution in [0, 0.1) is 0 Å². The van der Waals surface area contributed by atoms with Crippen LogP contribution in [-0.2, 0) is 24.1 Å². The van der Waals surface area contributed by atoms with Crippen LogP contribution in [0.15, 0.2) is 30.9 Å². The van der Waals surface area contributed by atoms with E-state index >= 15 is 0 Å². The second kappa shape index (κ2) is 8.33. The van der Waals surface area contributed by atoms with Gasteiger partial charge in [-0.25, -0.2) is 0 Å². The number of amides is 1. The number of methoxy groups -OCH3 is 1. The molecule has 2 aromatic rings. The van der Waals surface area contributed by atoms with E-state index in [1.807, 2.05) is 17.0 Å². The highest BCUT2D eigenvalue weighted by atomic mass is 16.5. The Bertz CT molecular complexity index is 1050. The number of hydrogen-bond donors (Lipinski definition) is 1. The molecule has 3 aliphatic rings. The SMILES string of the molecule is C=CC(=O)N1CCN(c2nc(OC)nc3c2CC[C@@H](N2CCc4ccc(O)cc42)C3)CC1. The van der Waals surface area contributed by atoms with Crippen LogP contribution in [0.1, 0.15) is 23.2 Å². The molecule has 32 heavy (non-hydrogen) atoms. The summed E-state index contributed by atoms with van der Waals surface area (Å²) in [5.41, 5.74) is 4.67. The van der Waals surface area contributed by atoms with Crippen LogP contribution in [0.25, 0.3) is 0 Å². The molecule has 1 aromatic carbocycles. The molecule has 1 amide bonds. The highest BCUT2D eigenvalue weighted by molar-refractivity contribution is 5.87. The second-order valence-corrected chi connectivity index (χ2v) is 8.63. The summed E-state index contributed by atoms with van der Waals surface area (Å²) in [7, 11) is 1.60. The molecule has 0 bridgehead atoms. The molecule has 0 saturated carbocycles. The molecule has 1 aromatic heterocycles. The number of piperazine rings is 1. The van der Waals surface area contributed by atoms with Gasteiger partial charge < -0.3 is 24.5 Å². The van der Waals surface area contributed by atoms with E-state index in [0.717, 1.165) is 62.5 Å². The molecule has 0 spiro atoms. The molecule has 1 saturated heterocycles. The molecule has 168 valence electrons. The first kappa shape index (κ1) is 20.6. The molecule has 1 fully saturated rings. The van der Waals surface area contributed by atoms with E-state index in [-0.39, 0.29) is 5.91 Å². The number of ether oxygens (including phenoxy) is 1. The Hall–Kier alpha value is -3.29. The zero-order chi connectivity index (χ0) is 22.2. The van der Waals surface area contributed by atoms with Crippen LogP contribution in [0.5, 0.6) is 11.8 Å². The van der Waals surface area contributed by atoms with E-state index in [4.69, 9.17) is 14.7 Å². The van der Waals surface area contributed by atoms with E-state index in [0.29, 0.717) is 30.9 Å². The lowest BCUT2D eigenvalue weighted by atomic mass is 9.90. The number of phenols is 1. The van der Waals surface area contributed by atoms with Crippen LogP contribution in [0.4, 0.5) is 11.5 Å². The average molecular weight is 436 g/mol. The molecule has 8 nitrogen and oxygen atoms in total. The first-order valence-electron chi connectivity index (χ1n) is 11.3.